The fourth-order valence-electron chi connectivity index (χ4n) is 3.98. The molecule has 6 nitrogen and oxygen atoms in total. The van der Waals surface area contributed by atoms with Crippen LogP contribution < -0.4 is 14.4 Å². The second-order valence-corrected chi connectivity index (χ2v) is 7.26. The first kappa shape index (κ1) is 21.2. The molecule has 0 saturated heterocycles. The number of benzene rings is 3. The number of nitrogens with zero attached hydrogens (tertiary/aromatic N) is 1. The highest BCUT2D eigenvalue weighted by Gasteiger charge is 2.38. The number of allylic oxidation sites excluding steroid dienone is 1. The normalized spacial score (nSPS) is 14.9. The van der Waals surface area contributed by atoms with E-state index in [0.29, 0.717) is 28.4 Å². The Bertz CT molecular complexity index is 1280. The smallest absolute Gasteiger partial charge is 0.340 e. The van der Waals surface area contributed by atoms with Crippen molar-refractivity contribution in [3.63, 3.8) is 0 Å². The monoisotopic (exact) mass is 429 g/mol. The molecule has 32 heavy (non-hydrogen) atoms. The molecule has 0 unspecified atom stereocenters. The lowest BCUT2D eigenvalue weighted by molar-refractivity contribution is -0.136. The van der Waals surface area contributed by atoms with E-state index >= 15 is 0 Å². The summed E-state index contributed by atoms with van der Waals surface area (Å²) in [5.74, 6) is 0.238. The molecule has 1 heterocycles. The van der Waals surface area contributed by atoms with Crippen LogP contribution in [0.4, 0.5) is 5.69 Å². The van der Waals surface area contributed by atoms with Crippen molar-refractivity contribution in [2.45, 2.75) is 6.92 Å². The first-order chi connectivity index (χ1) is 15.5. The Hall–Kier alpha value is -4.06. The summed E-state index contributed by atoms with van der Waals surface area (Å²) in [5, 5.41) is 1.92. The SMILES string of the molecule is COC(=O)C1=C(C)N(c2cccc3ccccc23)C(=O)C1=Cc1ccc(OC)c(OC)c1. The molecule has 0 spiro atoms. The number of rotatable bonds is 5. The van der Waals surface area contributed by atoms with Gasteiger partial charge in [-0.15, -0.1) is 0 Å². The molecule has 4 rings (SSSR count). The van der Waals surface area contributed by atoms with Crippen molar-refractivity contribution in [2.75, 3.05) is 26.2 Å². The van der Waals surface area contributed by atoms with Gasteiger partial charge in [0, 0.05) is 11.1 Å². The van der Waals surface area contributed by atoms with Gasteiger partial charge in [-0.05, 0) is 42.1 Å². The van der Waals surface area contributed by atoms with E-state index in [-0.39, 0.29) is 17.1 Å². The zero-order chi connectivity index (χ0) is 22.8. The zero-order valence-electron chi connectivity index (χ0n) is 18.3. The van der Waals surface area contributed by atoms with Gasteiger partial charge in [0.15, 0.2) is 11.5 Å². The van der Waals surface area contributed by atoms with E-state index in [1.807, 2.05) is 42.5 Å². The van der Waals surface area contributed by atoms with Gasteiger partial charge < -0.3 is 14.2 Å². The molecular formula is C26H23NO5. The minimum absolute atomic E-state index is 0.236. The zero-order valence-corrected chi connectivity index (χ0v) is 18.3. The highest BCUT2D eigenvalue weighted by molar-refractivity contribution is 6.25. The quantitative estimate of drug-likeness (QED) is 0.433. The number of ether oxygens (including phenoxy) is 3. The fourth-order valence-corrected chi connectivity index (χ4v) is 3.98. The van der Waals surface area contributed by atoms with Gasteiger partial charge in [-0.3, -0.25) is 9.69 Å². The number of amides is 1. The largest absolute Gasteiger partial charge is 0.493 e. The molecule has 1 amide bonds. The Balaban J connectivity index is 1.88. The van der Waals surface area contributed by atoms with E-state index in [1.165, 1.54) is 7.11 Å². The van der Waals surface area contributed by atoms with E-state index in [0.717, 1.165) is 10.8 Å². The molecule has 0 saturated carbocycles. The Morgan fingerprint density at radius 1 is 0.906 bits per heavy atom. The number of anilines is 1. The van der Waals surface area contributed by atoms with Gasteiger partial charge >= 0.3 is 5.97 Å². The summed E-state index contributed by atoms with van der Waals surface area (Å²) in [4.78, 5) is 27.9. The highest BCUT2D eigenvalue weighted by atomic mass is 16.5. The van der Waals surface area contributed by atoms with Crippen molar-refractivity contribution in [1.29, 1.82) is 0 Å². The Kier molecular flexibility index (Phi) is 5.69. The summed E-state index contributed by atoms with van der Waals surface area (Å²) >= 11 is 0. The molecule has 3 aromatic rings. The van der Waals surface area contributed by atoms with Crippen molar-refractivity contribution < 1.29 is 23.8 Å². The molecule has 0 atom stereocenters. The third-order valence-corrected chi connectivity index (χ3v) is 5.52. The van der Waals surface area contributed by atoms with Crippen molar-refractivity contribution in [3.05, 3.63) is 83.1 Å². The van der Waals surface area contributed by atoms with E-state index in [2.05, 4.69) is 0 Å². The number of hydrogen-bond donors (Lipinski definition) is 0. The maximum Gasteiger partial charge on any atom is 0.340 e. The summed E-state index contributed by atoms with van der Waals surface area (Å²) < 4.78 is 15.7. The molecule has 0 N–H and O–H groups in total. The summed E-state index contributed by atoms with van der Waals surface area (Å²) in [6.45, 7) is 1.75. The number of carbonyl (C=O) groups excluding carboxylic acids is 2. The lowest BCUT2D eigenvalue weighted by Crippen LogP contribution is -2.24. The van der Waals surface area contributed by atoms with Gasteiger partial charge in [-0.1, -0.05) is 42.5 Å². The van der Waals surface area contributed by atoms with Gasteiger partial charge in [-0.25, -0.2) is 4.79 Å². The number of methoxy groups -OCH3 is 3. The maximum atomic E-state index is 13.6. The molecule has 6 heteroatoms. The van der Waals surface area contributed by atoms with Gasteiger partial charge in [0.1, 0.15) is 0 Å². The van der Waals surface area contributed by atoms with E-state index < -0.39 is 5.97 Å². The minimum Gasteiger partial charge on any atom is -0.493 e. The van der Waals surface area contributed by atoms with Crippen LogP contribution in [-0.2, 0) is 14.3 Å². The third-order valence-electron chi connectivity index (χ3n) is 5.52. The molecule has 3 aromatic carbocycles. The second kappa shape index (κ2) is 8.59. The number of esters is 1. The molecule has 0 aliphatic carbocycles. The van der Waals surface area contributed by atoms with E-state index in [4.69, 9.17) is 14.2 Å². The summed E-state index contributed by atoms with van der Waals surface area (Å²) in [5.41, 5.74) is 2.42. The summed E-state index contributed by atoms with van der Waals surface area (Å²) in [6, 6.07) is 18.9. The Morgan fingerprint density at radius 3 is 2.34 bits per heavy atom. The molecule has 0 fully saturated rings. The van der Waals surface area contributed by atoms with Crippen LogP contribution in [0, 0.1) is 0 Å². The fraction of sp³-hybridized carbons (Fsp3) is 0.154. The van der Waals surface area contributed by atoms with Crippen LogP contribution in [0.25, 0.3) is 16.8 Å². The predicted molar refractivity (Wildman–Crippen MR) is 124 cm³/mol. The second-order valence-electron chi connectivity index (χ2n) is 7.26. The van der Waals surface area contributed by atoms with Crippen LogP contribution >= 0.6 is 0 Å². The molecule has 1 aliphatic heterocycles. The lowest BCUT2D eigenvalue weighted by atomic mass is 10.0. The van der Waals surface area contributed by atoms with Gasteiger partial charge in [0.2, 0.25) is 0 Å². The van der Waals surface area contributed by atoms with Gasteiger partial charge in [0.05, 0.1) is 38.2 Å². The van der Waals surface area contributed by atoms with Crippen molar-refractivity contribution in [2.24, 2.45) is 0 Å². The van der Waals surface area contributed by atoms with Crippen LogP contribution in [0.3, 0.4) is 0 Å². The third kappa shape index (κ3) is 3.50. The average molecular weight is 429 g/mol. The van der Waals surface area contributed by atoms with Gasteiger partial charge in [0.25, 0.3) is 5.91 Å². The molecule has 162 valence electrons. The molecule has 1 aliphatic rings. The molecule has 0 bridgehead atoms. The van der Waals surface area contributed by atoms with Crippen molar-refractivity contribution >= 4 is 34.4 Å². The Morgan fingerprint density at radius 2 is 1.62 bits per heavy atom. The standard InChI is InChI=1S/C26H23NO5/c1-16-24(26(29)32-4)20(14-17-12-13-22(30-2)23(15-17)31-3)25(28)27(16)21-11-7-9-18-8-5-6-10-19(18)21/h5-15H,1-4H3. The van der Waals surface area contributed by atoms with Crippen molar-refractivity contribution in [1.82, 2.24) is 0 Å². The summed E-state index contributed by atoms with van der Waals surface area (Å²) in [7, 11) is 4.41. The predicted octanol–water partition coefficient (Wildman–Crippen LogP) is 4.73. The average Bonchev–Trinajstić information content (AvgIpc) is 3.07. The van der Waals surface area contributed by atoms with E-state index in [9.17, 15) is 9.59 Å². The molecule has 0 aromatic heterocycles. The molecule has 0 radical (unpaired) electrons. The maximum absolute atomic E-state index is 13.6. The van der Waals surface area contributed by atoms with Gasteiger partial charge in [-0.2, -0.15) is 0 Å². The first-order valence-corrected chi connectivity index (χ1v) is 10.1. The number of hydrogen-bond acceptors (Lipinski definition) is 5. The lowest BCUT2D eigenvalue weighted by Gasteiger charge is -2.20. The topological polar surface area (TPSA) is 65.1 Å². The van der Waals surface area contributed by atoms with E-state index in [1.54, 1.807) is 50.3 Å². The van der Waals surface area contributed by atoms with Crippen LogP contribution in [-0.4, -0.2) is 33.2 Å². The van der Waals surface area contributed by atoms with Crippen molar-refractivity contribution in [3.8, 4) is 11.5 Å². The van der Waals surface area contributed by atoms with Crippen LogP contribution in [0.2, 0.25) is 0 Å². The Labute approximate surface area is 186 Å². The van der Waals surface area contributed by atoms with Crippen LogP contribution in [0.1, 0.15) is 12.5 Å². The molecular weight excluding hydrogens is 406 g/mol. The van der Waals surface area contributed by atoms with Crippen LogP contribution in [0.15, 0.2) is 77.5 Å². The van der Waals surface area contributed by atoms with Crippen LogP contribution in [0.5, 0.6) is 11.5 Å². The number of fused-ring (bicyclic) bond motifs is 1. The first-order valence-electron chi connectivity index (χ1n) is 10.1. The highest BCUT2D eigenvalue weighted by Crippen LogP contribution is 2.39. The minimum atomic E-state index is -0.565. The summed E-state index contributed by atoms with van der Waals surface area (Å²) in [6.07, 6.45) is 1.67. The number of carbonyl (C=O) groups is 2.